The highest BCUT2D eigenvalue weighted by atomic mass is 35.5. The molecule has 1 heterocycles. The minimum atomic E-state index is -3.68. The number of aliphatic hydroxyl groups is 1. The predicted octanol–water partition coefficient (Wildman–Crippen LogP) is 2.86. The maximum atomic E-state index is 12.8. The van der Waals surface area contributed by atoms with Gasteiger partial charge in [0.25, 0.3) is 10.0 Å². The van der Waals surface area contributed by atoms with Crippen molar-refractivity contribution in [2.45, 2.75) is 11.0 Å². The smallest absolute Gasteiger partial charge is 0.268 e. The average molecular weight is 366 g/mol. The predicted molar refractivity (Wildman–Crippen MR) is 93.2 cm³/mol. The van der Waals surface area contributed by atoms with Crippen LogP contribution in [0.1, 0.15) is 0 Å². The molecule has 1 unspecified atom stereocenters. The molecule has 3 aromatic rings. The first-order chi connectivity index (χ1) is 11.5. The Kier molecular flexibility index (Phi) is 4.80. The van der Waals surface area contributed by atoms with Gasteiger partial charge in [-0.3, -0.25) is 0 Å². The van der Waals surface area contributed by atoms with E-state index in [4.69, 9.17) is 16.3 Å². The molecule has 0 bridgehead atoms. The second-order valence-corrected chi connectivity index (χ2v) is 7.36. The third-order valence-corrected chi connectivity index (χ3v) is 5.63. The number of fused-ring (bicyclic) bond motifs is 1. The molecular formula is C17H16ClNO4S. The summed E-state index contributed by atoms with van der Waals surface area (Å²) in [5.41, 5.74) is 0.511. The Hall–Kier alpha value is -2.02. The molecule has 2 aromatic carbocycles. The Labute approximate surface area is 145 Å². The second-order valence-electron chi connectivity index (χ2n) is 5.24. The van der Waals surface area contributed by atoms with Crippen LogP contribution in [0, 0.1) is 0 Å². The van der Waals surface area contributed by atoms with E-state index >= 15 is 0 Å². The Balaban J connectivity index is 2.03. The van der Waals surface area contributed by atoms with Gasteiger partial charge < -0.3 is 9.84 Å². The summed E-state index contributed by atoms with van der Waals surface area (Å²) in [7, 11) is -3.68. The van der Waals surface area contributed by atoms with Gasteiger partial charge in [-0.1, -0.05) is 24.3 Å². The zero-order valence-electron chi connectivity index (χ0n) is 12.7. The van der Waals surface area contributed by atoms with Gasteiger partial charge in [-0.05, 0) is 30.3 Å². The molecule has 0 saturated heterocycles. The van der Waals surface area contributed by atoms with Crippen LogP contribution in [0.25, 0.3) is 10.9 Å². The van der Waals surface area contributed by atoms with Crippen molar-refractivity contribution < 1.29 is 18.3 Å². The Morgan fingerprint density at radius 3 is 2.54 bits per heavy atom. The summed E-state index contributed by atoms with van der Waals surface area (Å²) in [5, 5.41) is 10.2. The summed E-state index contributed by atoms with van der Waals surface area (Å²) >= 11 is 5.55. The lowest BCUT2D eigenvalue weighted by Gasteiger charge is -2.11. The van der Waals surface area contributed by atoms with E-state index in [9.17, 15) is 13.5 Å². The van der Waals surface area contributed by atoms with Gasteiger partial charge in [0.1, 0.15) is 18.5 Å². The topological polar surface area (TPSA) is 68.5 Å². The lowest BCUT2D eigenvalue weighted by Crippen LogP contribution is -2.18. The van der Waals surface area contributed by atoms with E-state index in [2.05, 4.69) is 0 Å². The van der Waals surface area contributed by atoms with E-state index in [1.807, 2.05) is 0 Å². The fourth-order valence-electron chi connectivity index (χ4n) is 2.39. The van der Waals surface area contributed by atoms with E-state index in [-0.39, 0.29) is 17.4 Å². The molecule has 1 aromatic heterocycles. The molecule has 3 rings (SSSR count). The van der Waals surface area contributed by atoms with Gasteiger partial charge in [-0.15, -0.1) is 11.6 Å². The summed E-state index contributed by atoms with van der Waals surface area (Å²) in [6.07, 6.45) is 0.717. The first kappa shape index (κ1) is 16.8. The van der Waals surface area contributed by atoms with Crippen molar-refractivity contribution in [3.05, 3.63) is 60.8 Å². The van der Waals surface area contributed by atoms with Crippen LogP contribution in [-0.4, -0.2) is 36.1 Å². The molecule has 0 amide bonds. The highest BCUT2D eigenvalue weighted by Crippen LogP contribution is 2.29. The summed E-state index contributed by atoms with van der Waals surface area (Å²) in [6.45, 7) is 0.0409. The molecule has 126 valence electrons. The fourth-order valence-corrected chi connectivity index (χ4v) is 3.84. The van der Waals surface area contributed by atoms with Crippen LogP contribution in [0.15, 0.2) is 65.7 Å². The highest BCUT2D eigenvalue weighted by molar-refractivity contribution is 7.90. The van der Waals surface area contributed by atoms with Crippen molar-refractivity contribution in [1.29, 1.82) is 0 Å². The van der Waals surface area contributed by atoms with E-state index in [1.165, 1.54) is 10.2 Å². The van der Waals surface area contributed by atoms with E-state index in [0.717, 1.165) is 0 Å². The summed E-state index contributed by atoms with van der Waals surface area (Å²) in [4.78, 5) is 0.214. The normalized spacial score (nSPS) is 13.1. The van der Waals surface area contributed by atoms with Gasteiger partial charge in [-0.2, -0.15) is 0 Å². The van der Waals surface area contributed by atoms with E-state index in [1.54, 1.807) is 54.6 Å². The number of alkyl halides is 1. The summed E-state index contributed by atoms with van der Waals surface area (Å²) in [6, 6.07) is 15.1. The number of aliphatic hydroxyl groups excluding tert-OH is 1. The minimum absolute atomic E-state index is 0.0409. The van der Waals surface area contributed by atoms with Gasteiger partial charge in [-0.25, -0.2) is 12.4 Å². The number of benzene rings is 2. The Morgan fingerprint density at radius 2 is 1.83 bits per heavy atom. The number of nitrogens with zero attached hydrogens (tertiary/aromatic N) is 1. The minimum Gasteiger partial charge on any atom is -0.490 e. The molecule has 0 fully saturated rings. The molecule has 0 spiro atoms. The fraction of sp³-hybridized carbons (Fsp3) is 0.176. The molecule has 1 N–H and O–H groups in total. The molecule has 0 radical (unpaired) electrons. The van der Waals surface area contributed by atoms with Gasteiger partial charge in [0.05, 0.1) is 16.3 Å². The maximum Gasteiger partial charge on any atom is 0.268 e. The number of halogens is 1. The van der Waals surface area contributed by atoms with Crippen LogP contribution in [0.2, 0.25) is 0 Å². The maximum absolute atomic E-state index is 12.8. The summed E-state index contributed by atoms with van der Waals surface area (Å²) < 4.78 is 32.4. The van der Waals surface area contributed by atoms with Gasteiger partial charge >= 0.3 is 0 Å². The van der Waals surface area contributed by atoms with Crippen molar-refractivity contribution >= 4 is 32.5 Å². The zero-order valence-corrected chi connectivity index (χ0v) is 14.2. The van der Waals surface area contributed by atoms with Crippen molar-refractivity contribution in [2.24, 2.45) is 0 Å². The molecule has 0 aliphatic carbocycles. The Bertz CT molecular complexity index is 938. The number of ether oxygens (including phenoxy) is 1. The molecule has 7 heteroatoms. The lowest BCUT2D eigenvalue weighted by atomic mass is 10.2. The van der Waals surface area contributed by atoms with Crippen LogP contribution in [0.3, 0.4) is 0 Å². The van der Waals surface area contributed by atoms with E-state index < -0.39 is 16.1 Å². The van der Waals surface area contributed by atoms with Crippen LogP contribution in [0.4, 0.5) is 0 Å². The third kappa shape index (κ3) is 3.13. The van der Waals surface area contributed by atoms with Crippen molar-refractivity contribution in [2.75, 3.05) is 12.5 Å². The number of rotatable bonds is 6. The van der Waals surface area contributed by atoms with E-state index in [0.29, 0.717) is 16.7 Å². The molecular weight excluding hydrogens is 350 g/mol. The molecule has 0 aliphatic rings. The molecule has 0 saturated carbocycles. The molecule has 5 nitrogen and oxygen atoms in total. The van der Waals surface area contributed by atoms with Crippen LogP contribution < -0.4 is 4.74 Å². The first-order valence-corrected chi connectivity index (χ1v) is 9.29. The van der Waals surface area contributed by atoms with Crippen molar-refractivity contribution in [3.63, 3.8) is 0 Å². The number of hydrogen-bond donors (Lipinski definition) is 1. The number of hydrogen-bond acceptors (Lipinski definition) is 4. The Morgan fingerprint density at radius 1 is 1.08 bits per heavy atom. The zero-order chi connectivity index (χ0) is 17.2. The van der Waals surface area contributed by atoms with Gasteiger partial charge in [0, 0.05) is 11.6 Å². The van der Waals surface area contributed by atoms with Crippen molar-refractivity contribution in [3.8, 4) is 5.75 Å². The van der Waals surface area contributed by atoms with Crippen LogP contribution in [-0.2, 0) is 10.0 Å². The molecule has 1 atom stereocenters. The first-order valence-electron chi connectivity index (χ1n) is 7.31. The monoisotopic (exact) mass is 365 g/mol. The summed E-state index contributed by atoms with van der Waals surface area (Å²) in [5.74, 6) is 0.568. The largest absolute Gasteiger partial charge is 0.490 e. The van der Waals surface area contributed by atoms with Gasteiger partial charge in [0.15, 0.2) is 0 Å². The van der Waals surface area contributed by atoms with Crippen LogP contribution >= 0.6 is 11.6 Å². The van der Waals surface area contributed by atoms with Crippen molar-refractivity contribution in [1.82, 2.24) is 3.97 Å². The number of aromatic nitrogens is 1. The lowest BCUT2D eigenvalue weighted by molar-refractivity contribution is 0.126. The molecule has 24 heavy (non-hydrogen) atoms. The van der Waals surface area contributed by atoms with Crippen LogP contribution in [0.5, 0.6) is 5.75 Å². The molecule has 0 aliphatic heterocycles. The highest BCUT2D eigenvalue weighted by Gasteiger charge is 2.19. The van der Waals surface area contributed by atoms with Gasteiger partial charge in [0.2, 0.25) is 0 Å². The standard InChI is InChI=1S/C17H16ClNO4S/c18-11-13(20)12-23-17-8-4-7-16-15(17)9-10-19(16)24(21,22)14-5-2-1-3-6-14/h1-10,13,20H,11-12H2. The average Bonchev–Trinajstić information content (AvgIpc) is 3.05. The third-order valence-electron chi connectivity index (χ3n) is 3.57. The SMILES string of the molecule is O=S(=O)(c1ccccc1)n1ccc2c(OCC(O)CCl)cccc21. The quantitative estimate of drug-likeness (QED) is 0.682. The second kappa shape index (κ2) is 6.84.